The molecule has 0 bridgehead atoms. The third kappa shape index (κ3) is 2.41. The number of Topliss-reactive ketones (excluding diaryl/α,β-unsaturated/α-hetero) is 1. The Bertz CT molecular complexity index is 379. The molecule has 0 saturated carbocycles. The van der Waals surface area contributed by atoms with Crippen molar-refractivity contribution in [2.75, 3.05) is 13.7 Å². The average Bonchev–Trinajstić information content (AvgIpc) is 2.41. The molecule has 7 heteroatoms. The second kappa shape index (κ2) is 5.25. The molecule has 5 nitrogen and oxygen atoms in total. The highest BCUT2D eigenvalue weighted by Gasteiger charge is 2.54. The Morgan fingerprint density at radius 2 is 2.18 bits per heavy atom. The summed E-state index contributed by atoms with van der Waals surface area (Å²) in [5.41, 5.74) is -1.95. The van der Waals surface area contributed by atoms with Crippen molar-refractivity contribution in [2.24, 2.45) is 0 Å². The van der Waals surface area contributed by atoms with E-state index in [1.54, 1.807) is 6.92 Å². The van der Waals surface area contributed by atoms with E-state index < -0.39 is 29.2 Å². The van der Waals surface area contributed by atoms with Crippen LogP contribution in [0.15, 0.2) is 10.8 Å². The summed E-state index contributed by atoms with van der Waals surface area (Å²) in [6.45, 7) is 1.79. The summed E-state index contributed by atoms with van der Waals surface area (Å²) >= 11 is 11.4. The zero-order valence-electron chi connectivity index (χ0n) is 9.33. The van der Waals surface area contributed by atoms with Gasteiger partial charge < -0.3 is 14.6 Å². The molecule has 0 aromatic rings. The van der Waals surface area contributed by atoms with Gasteiger partial charge in [0.2, 0.25) is 0 Å². The molecule has 0 amide bonds. The third-order valence-corrected chi connectivity index (χ3v) is 3.30. The molecular formula is C10H12Cl2O5. The minimum atomic E-state index is -1.95. The zero-order valence-corrected chi connectivity index (χ0v) is 10.8. The molecule has 0 aromatic carbocycles. The Morgan fingerprint density at radius 1 is 1.59 bits per heavy atom. The standard InChI is InChI=1S/C10H12Cl2O5/c1-3-17-5(13)4-10(15)8(12)7(14)6(11)9(10)16-2/h8,15H,3-4H2,1-2H3. The molecule has 1 aliphatic carbocycles. The van der Waals surface area contributed by atoms with E-state index in [0.29, 0.717) is 0 Å². The monoisotopic (exact) mass is 282 g/mol. The van der Waals surface area contributed by atoms with Crippen molar-refractivity contribution in [3.05, 3.63) is 10.8 Å². The van der Waals surface area contributed by atoms with Crippen LogP contribution in [-0.2, 0) is 19.1 Å². The van der Waals surface area contributed by atoms with Crippen LogP contribution < -0.4 is 0 Å². The molecule has 2 unspecified atom stereocenters. The van der Waals surface area contributed by atoms with Crippen LogP contribution >= 0.6 is 23.2 Å². The van der Waals surface area contributed by atoms with Crippen molar-refractivity contribution >= 4 is 35.0 Å². The minimum absolute atomic E-state index is 0.162. The number of esters is 1. The highest BCUT2D eigenvalue weighted by molar-refractivity contribution is 6.50. The van der Waals surface area contributed by atoms with Crippen molar-refractivity contribution in [3.8, 4) is 0 Å². The fourth-order valence-electron chi connectivity index (χ4n) is 1.61. The number of allylic oxidation sites excluding steroid dienone is 1. The maximum atomic E-state index is 11.5. The first-order valence-electron chi connectivity index (χ1n) is 4.89. The number of ketones is 1. The van der Waals surface area contributed by atoms with Gasteiger partial charge in [0.25, 0.3) is 0 Å². The van der Waals surface area contributed by atoms with E-state index in [2.05, 4.69) is 0 Å². The molecule has 0 fully saturated rings. The molecule has 1 aliphatic rings. The smallest absolute Gasteiger partial charge is 0.309 e. The Labute approximate surface area is 108 Å². The van der Waals surface area contributed by atoms with Crippen LogP contribution in [0.3, 0.4) is 0 Å². The Balaban J connectivity index is 3.01. The maximum Gasteiger partial charge on any atom is 0.309 e. The van der Waals surface area contributed by atoms with Gasteiger partial charge in [0.15, 0.2) is 17.1 Å². The van der Waals surface area contributed by atoms with Crippen LogP contribution in [0.5, 0.6) is 0 Å². The normalized spacial score (nSPS) is 28.5. The van der Waals surface area contributed by atoms with Gasteiger partial charge >= 0.3 is 5.97 Å². The fraction of sp³-hybridized carbons (Fsp3) is 0.600. The van der Waals surface area contributed by atoms with Crippen LogP contribution in [0.1, 0.15) is 13.3 Å². The van der Waals surface area contributed by atoms with Gasteiger partial charge in [-0.25, -0.2) is 0 Å². The first-order valence-corrected chi connectivity index (χ1v) is 5.70. The van der Waals surface area contributed by atoms with Gasteiger partial charge in [0.1, 0.15) is 10.4 Å². The second-order valence-electron chi connectivity index (χ2n) is 3.48. The molecule has 96 valence electrons. The molecular weight excluding hydrogens is 271 g/mol. The molecule has 1 rings (SSSR count). The lowest BCUT2D eigenvalue weighted by Gasteiger charge is -2.26. The molecule has 2 atom stereocenters. The van der Waals surface area contributed by atoms with Crippen LogP contribution in [0.4, 0.5) is 0 Å². The van der Waals surface area contributed by atoms with Crippen molar-refractivity contribution in [1.82, 2.24) is 0 Å². The van der Waals surface area contributed by atoms with E-state index in [1.165, 1.54) is 7.11 Å². The van der Waals surface area contributed by atoms with Gasteiger partial charge in [-0.05, 0) is 6.92 Å². The number of ether oxygens (including phenoxy) is 2. The minimum Gasteiger partial charge on any atom is -0.496 e. The lowest BCUT2D eigenvalue weighted by molar-refractivity contribution is -0.148. The van der Waals surface area contributed by atoms with Crippen molar-refractivity contribution in [1.29, 1.82) is 0 Å². The lowest BCUT2D eigenvalue weighted by atomic mass is 9.97. The van der Waals surface area contributed by atoms with Crippen LogP contribution in [0, 0.1) is 0 Å². The number of halogens is 2. The van der Waals surface area contributed by atoms with Crippen molar-refractivity contribution in [2.45, 2.75) is 24.3 Å². The van der Waals surface area contributed by atoms with Gasteiger partial charge in [-0.3, -0.25) is 9.59 Å². The number of alkyl halides is 1. The molecule has 17 heavy (non-hydrogen) atoms. The first-order chi connectivity index (χ1) is 7.88. The van der Waals surface area contributed by atoms with Crippen LogP contribution in [0.25, 0.3) is 0 Å². The van der Waals surface area contributed by atoms with Crippen LogP contribution in [-0.4, -0.2) is 41.6 Å². The van der Waals surface area contributed by atoms with E-state index >= 15 is 0 Å². The molecule has 0 radical (unpaired) electrons. The summed E-state index contributed by atoms with van der Waals surface area (Å²) in [5.74, 6) is -1.55. The Morgan fingerprint density at radius 3 is 2.65 bits per heavy atom. The van der Waals surface area contributed by atoms with Gasteiger partial charge in [-0.2, -0.15) is 0 Å². The van der Waals surface area contributed by atoms with E-state index in [4.69, 9.17) is 32.7 Å². The maximum absolute atomic E-state index is 11.5. The Kier molecular flexibility index (Phi) is 4.41. The molecule has 0 aromatic heterocycles. The van der Waals surface area contributed by atoms with Crippen molar-refractivity contribution < 1.29 is 24.2 Å². The zero-order chi connectivity index (χ0) is 13.2. The number of carbonyl (C=O) groups excluding carboxylic acids is 2. The second-order valence-corrected chi connectivity index (χ2v) is 4.29. The van der Waals surface area contributed by atoms with Crippen LogP contribution in [0.2, 0.25) is 0 Å². The quantitative estimate of drug-likeness (QED) is 0.614. The summed E-state index contributed by atoms with van der Waals surface area (Å²) in [6.07, 6.45) is -0.486. The number of hydrogen-bond donors (Lipinski definition) is 1. The number of hydrogen-bond acceptors (Lipinski definition) is 5. The fourth-order valence-corrected chi connectivity index (χ4v) is 2.30. The summed E-state index contributed by atoms with van der Waals surface area (Å²) in [7, 11) is 1.23. The summed E-state index contributed by atoms with van der Waals surface area (Å²) < 4.78 is 9.53. The van der Waals surface area contributed by atoms with Gasteiger partial charge in [-0.1, -0.05) is 11.6 Å². The highest BCUT2D eigenvalue weighted by atomic mass is 35.5. The van der Waals surface area contributed by atoms with E-state index in [1.807, 2.05) is 0 Å². The molecule has 0 saturated heterocycles. The lowest BCUT2D eigenvalue weighted by Crippen LogP contribution is -2.42. The summed E-state index contributed by atoms with van der Waals surface area (Å²) in [4.78, 5) is 22.9. The topological polar surface area (TPSA) is 72.8 Å². The van der Waals surface area contributed by atoms with Crippen molar-refractivity contribution in [3.63, 3.8) is 0 Å². The largest absolute Gasteiger partial charge is 0.496 e. The molecule has 0 heterocycles. The van der Waals surface area contributed by atoms with Gasteiger partial charge in [-0.15, -0.1) is 11.6 Å². The molecule has 0 spiro atoms. The summed E-state index contributed by atoms with van der Waals surface area (Å²) in [6, 6.07) is 0. The van der Waals surface area contributed by atoms with E-state index in [0.717, 1.165) is 0 Å². The number of rotatable bonds is 4. The SMILES string of the molecule is CCOC(=O)CC1(O)C(OC)=C(Cl)C(=O)C1Cl. The number of carbonyl (C=O) groups is 2. The molecule has 1 N–H and O–H groups in total. The molecule has 0 aliphatic heterocycles. The highest BCUT2D eigenvalue weighted by Crippen LogP contribution is 2.41. The number of aliphatic hydroxyl groups is 1. The third-order valence-electron chi connectivity index (χ3n) is 2.38. The summed E-state index contributed by atoms with van der Waals surface area (Å²) in [5, 5.41) is 8.59. The van der Waals surface area contributed by atoms with Gasteiger partial charge in [0, 0.05) is 0 Å². The van der Waals surface area contributed by atoms with Gasteiger partial charge in [0.05, 0.1) is 20.1 Å². The van der Waals surface area contributed by atoms with E-state index in [-0.39, 0.29) is 17.4 Å². The average molecular weight is 283 g/mol. The Hall–Kier alpha value is -0.780. The number of methoxy groups -OCH3 is 1. The predicted molar refractivity (Wildman–Crippen MR) is 60.7 cm³/mol. The first kappa shape index (κ1) is 14.3. The van der Waals surface area contributed by atoms with E-state index in [9.17, 15) is 14.7 Å². The predicted octanol–water partition coefficient (Wildman–Crippen LogP) is 0.958.